The van der Waals surface area contributed by atoms with Gasteiger partial charge in [0, 0.05) is 6.54 Å². The summed E-state index contributed by atoms with van der Waals surface area (Å²) >= 11 is 3.36. The second-order valence-corrected chi connectivity index (χ2v) is 7.42. The highest BCUT2D eigenvalue weighted by Crippen LogP contribution is 2.36. The highest BCUT2D eigenvalue weighted by Gasteiger charge is 2.32. The number of amides is 1. The van der Waals surface area contributed by atoms with Crippen molar-refractivity contribution in [3.8, 4) is 0 Å². The number of nitrogens with zero attached hydrogens (tertiary/aromatic N) is 2. The quantitative estimate of drug-likeness (QED) is 0.719. The van der Waals surface area contributed by atoms with Crippen LogP contribution >= 0.6 is 22.7 Å². The SMILES string of the molecule is O=C(Cc1ccsc1)N1CCC[C@@H]1c1nc2ccccc2s1. The molecule has 0 radical (unpaired) electrons. The first-order chi connectivity index (χ1) is 10.8. The molecule has 3 aromatic rings. The maximum atomic E-state index is 12.6. The number of hydrogen-bond donors (Lipinski definition) is 0. The van der Waals surface area contributed by atoms with Gasteiger partial charge in [0.05, 0.1) is 22.7 Å². The lowest BCUT2D eigenvalue weighted by atomic mass is 10.2. The van der Waals surface area contributed by atoms with Gasteiger partial charge >= 0.3 is 0 Å². The first-order valence-electron chi connectivity index (χ1n) is 7.47. The van der Waals surface area contributed by atoms with Crippen LogP contribution in [0.1, 0.15) is 29.5 Å². The van der Waals surface area contributed by atoms with Crippen molar-refractivity contribution >= 4 is 38.8 Å². The molecule has 5 heteroatoms. The highest BCUT2D eigenvalue weighted by molar-refractivity contribution is 7.18. The van der Waals surface area contributed by atoms with Crippen molar-refractivity contribution in [3.05, 3.63) is 51.7 Å². The number of carbonyl (C=O) groups excluding carboxylic acids is 1. The number of aromatic nitrogens is 1. The summed E-state index contributed by atoms with van der Waals surface area (Å²) in [5.41, 5.74) is 2.16. The van der Waals surface area contributed by atoms with Gasteiger partial charge in [0.2, 0.25) is 5.91 Å². The van der Waals surface area contributed by atoms with Gasteiger partial charge in [-0.1, -0.05) is 12.1 Å². The topological polar surface area (TPSA) is 33.2 Å². The third kappa shape index (κ3) is 2.55. The molecule has 0 saturated carbocycles. The molecule has 3 nitrogen and oxygen atoms in total. The monoisotopic (exact) mass is 328 g/mol. The second kappa shape index (κ2) is 5.82. The standard InChI is InChI=1S/C17H16N2OS2/c20-16(10-12-7-9-21-11-12)19-8-3-5-14(19)17-18-13-4-1-2-6-15(13)22-17/h1-2,4,6-7,9,11,14H,3,5,8,10H2/t14-/m1/s1. The molecule has 2 aromatic heterocycles. The lowest BCUT2D eigenvalue weighted by Gasteiger charge is -2.23. The van der Waals surface area contributed by atoms with E-state index in [1.165, 1.54) is 4.70 Å². The second-order valence-electron chi connectivity index (χ2n) is 5.57. The Kier molecular flexibility index (Phi) is 3.68. The number of para-hydroxylation sites is 1. The van der Waals surface area contributed by atoms with E-state index >= 15 is 0 Å². The van der Waals surface area contributed by atoms with Crippen LogP contribution in [0.5, 0.6) is 0 Å². The molecule has 3 heterocycles. The summed E-state index contributed by atoms with van der Waals surface area (Å²) in [5.74, 6) is 0.222. The third-order valence-corrected chi connectivity index (χ3v) is 5.97. The number of thiophene rings is 1. The fourth-order valence-corrected chi connectivity index (χ4v) is 4.81. The van der Waals surface area contributed by atoms with Crippen LogP contribution < -0.4 is 0 Å². The van der Waals surface area contributed by atoms with Gasteiger partial charge in [-0.25, -0.2) is 4.98 Å². The van der Waals surface area contributed by atoms with E-state index < -0.39 is 0 Å². The molecule has 1 aliphatic heterocycles. The third-order valence-electron chi connectivity index (χ3n) is 4.10. The van der Waals surface area contributed by atoms with Gasteiger partial charge in [-0.15, -0.1) is 11.3 Å². The lowest BCUT2D eigenvalue weighted by Crippen LogP contribution is -2.31. The van der Waals surface area contributed by atoms with Crippen molar-refractivity contribution in [1.82, 2.24) is 9.88 Å². The molecule has 112 valence electrons. The van der Waals surface area contributed by atoms with Crippen molar-refractivity contribution in [2.75, 3.05) is 6.54 Å². The van der Waals surface area contributed by atoms with Gasteiger partial charge in [-0.05, 0) is 47.4 Å². The molecular formula is C17H16N2OS2. The Morgan fingerprint density at radius 3 is 3.05 bits per heavy atom. The minimum absolute atomic E-state index is 0.156. The molecule has 1 atom stereocenters. The van der Waals surface area contributed by atoms with E-state index in [1.807, 2.05) is 34.5 Å². The largest absolute Gasteiger partial charge is 0.333 e. The average Bonchev–Trinajstić information content (AvgIpc) is 3.26. The Hall–Kier alpha value is -1.72. The maximum absolute atomic E-state index is 12.6. The molecule has 0 bridgehead atoms. The van der Waals surface area contributed by atoms with Gasteiger partial charge in [-0.3, -0.25) is 4.79 Å². The van der Waals surface area contributed by atoms with Crippen molar-refractivity contribution in [2.24, 2.45) is 0 Å². The van der Waals surface area contributed by atoms with Gasteiger partial charge in [-0.2, -0.15) is 11.3 Å². The van der Waals surface area contributed by atoms with Crippen molar-refractivity contribution in [1.29, 1.82) is 0 Å². The zero-order valence-corrected chi connectivity index (χ0v) is 13.7. The van der Waals surface area contributed by atoms with E-state index in [0.717, 1.165) is 35.5 Å². The summed E-state index contributed by atoms with van der Waals surface area (Å²) in [6, 6.07) is 10.4. The number of rotatable bonds is 3. The molecule has 0 N–H and O–H groups in total. The summed E-state index contributed by atoms with van der Waals surface area (Å²) in [7, 11) is 0. The smallest absolute Gasteiger partial charge is 0.227 e. The molecule has 1 saturated heterocycles. The van der Waals surface area contributed by atoms with Crippen LogP contribution in [-0.4, -0.2) is 22.3 Å². The van der Waals surface area contributed by atoms with Crippen LogP contribution in [0.2, 0.25) is 0 Å². The van der Waals surface area contributed by atoms with Crippen LogP contribution in [0, 0.1) is 0 Å². The minimum Gasteiger partial charge on any atom is -0.333 e. The number of fused-ring (bicyclic) bond motifs is 1. The van der Waals surface area contributed by atoms with Crippen LogP contribution in [0.15, 0.2) is 41.1 Å². The number of thiazole rings is 1. The molecule has 1 aromatic carbocycles. The van der Waals surface area contributed by atoms with Crippen LogP contribution in [0.25, 0.3) is 10.2 Å². The van der Waals surface area contributed by atoms with Crippen LogP contribution in [0.4, 0.5) is 0 Å². The number of likely N-dealkylation sites (tertiary alicyclic amines) is 1. The lowest BCUT2D eigenvalue weighted by molar-refractivity contribution is -0.131. The van der Waals surface area contributed by atoms with Crippen molar-refractivity contribution < 1.29 is 4.79 Å². The van der Waals surface area contributed by atoms with Crippen LogP contribution in [-0.2, 0) is 11.2 Å². The van der Waals surface area contributed by atoms with Crippen molar-refractivity contribution in [3.63, 3.8) is 0 Å². The molecule has 4 rings (SSSR count). The molecule has 0 unspecified atom stereocenters. The maximum Gasteiger partial charge on any atom is 0.227 e. The van der Waals surface area contributed by atoms with E-state index in [1.54, 1.807) is 22.7 Å². The Bertz CT molecular complexity index is 761. The molecule has 1 aliphatic rings. The summed E-state index contributed by atoms with van der Waals surface area (Å²) in [4.78, 5) is 19.4. The fourth-order valence-electron chi connectivity index (χ4n) is 3.02. The van der Waals surface area contributed by atoms with Gasteiger partial charge in [0.1, 0.15) is 5.01 Å². The van der Waals surface area contributed by atoms with Crippen LogP contribution in [0.3, 0.4) is 0 Å². The molecular weight excluding hydrogens is 312 g/mol. The minimum atomic E-state index is 0.156. The normalized spacial score (nSPS) is 18.2. The van der Waals surface area contributed by atoms with E-state index in [4.69, 9.17) is 4.98 Å². The zero-order chi connectivity index (χ0) is 14.9. The molecule has 0 spiro atoms. The highest BCUT2D eigenvalue weighted by atomic mass is 32.1. The fraction of sp³-hybridized carbons (Fsp3) is 0.294. The summed E-state index contributed by atoms with van der Waals surface area (Å²) in [6.45, 7) is 0.851. The Morgan fingerprint density at radius 2 is 2.23 bits per heavy atom. The Morgan fingerprint density at radius 1 is 1.32 bits per heavy atom. The van der Waals surface area contributed by atoms with E-state index in [-0.39, 0.29) is 11.9 Å². The summed E-state index contributed by atoms with van der Waals surface area (Å²) in [5, 5.41) is 5.16. The zero-order valence-electron chi connectivity index (χ0n) is 12.1. The van der Waals surface area contributed by atoms with E-state index in [2.05, 4.69) is 11.4 Å². The van der Waals surface area contributed by atoms with Gasteiger partial charge < -0.3 is 4.90 Å². The summed E-state index contributed by atoms with van der Waals surface area (Å²) < 4.78 is 1.20. The predicted octanol–water partition coefficient (Wildman–Crippen LogP) is 4.26. The molecule has 0 aliphatic carbocycles. The van der Waals surface area contributed by atoms with E-state index in [0.29, 0.717) is 6.42 Å². The van der Waals surface area contributed by atoms with Gasteiger partial charge in [0.15, 0.2) is 0 Å². The Balaban J connectivity index is 1.58. The first-order valence-corrected chi connectivity index (χ1v) is 9.23. The summed E-state index contributed by atoms with van der Waals surface area (Å²) in [6.07, 6.45) is 2.59. The molecule has 1 amide bonds. The van der Waals surface area contributed by atoms with E-state index in [9.17, 15) is 4.79 Å². The predicted molar refractivity (Wildman–Crippen MR) is 91.3 cm³/mol. The first kappa shape index (κ1) is 13.9. The molecule has 22 heavy (non-hydrogen) atoms. The van der Waals surface area contributed by atoms with Crippen molar-refractivity contribution in [2.45, 2.75) is 25.3 Å². The Labute approximate surface area is 137 Å². The van der Waals surface area contributed by atoms with Gasteiger partial charge in [0.25, 0.3) is 0 Å². The number of carbonyl (C=O) groups is 1. The number of benzene rings is 1. The number of hydrogen-bond acceptors (Lipinski definition) is 4. The average molecular weight is 328 g/mol. The molecule has 1 fully saturated rings.